The third-order valence-electron chi connectivity index (χ3n) is 4.75. The number of amides is 3. The van der Waals surface area contributed by atoms with Crippen molar-refractivity contribution in [3.8, 4) is 5.75 Å². The molecule has 2 aromatic carbocycles. The van der Waals surface area contributed by atoms with E-state index in [1.54, 1.807) is 42.5 Å². The number of benzene rings is 2. The molecule has 0 bridgehead atoms. The maximum Gasteiger partial charge on any atom is 0.328 e. The largest absolute Gasteiger partial charge is 0.494 e. The van der Waals surface area contributed by atoms with Gasteiger partial charge >= 0.3 is 11.8 Å². The van der Waals surface area contributed by atoms with Crippen LogP contribution in [0.15, 0.2) is 53.0 Å². The summed E-state index contributed by atoms with van der Waals surface area (Å²) < 4.78 is 7.57. The van der Waals surface area contributed by atoms with E-state index in [0.29, 0.717) is 23.6 Å². The van der Waals surface area contributed by atoms with Crippen molar-refractivity contribution in [3.63, 3.8) is 0 Å². The summed E-state index contributed by atoms with van der Waals surface area (Å²) in [6.45, 7) is 2.45. The molecule has 1 fully saturated rings. The number of hydrogen-bond acceptors (Lipinski definition) is 4. The molecule has 0 saturated heterocycles. The molecule has 0 unspecified atom stereocenters. The molecule has 0 atom stereocenters. The van der Waals surface area contributed by atoms with Crippen LogP contribution in [-0.4, -0.2) is 35.0 Å². The topological polar surface area (TPSA) is 101 Å². The fraction of sp³-hybridized carbons (Fsp3) is 0.227. The average Bonchev–Trinajstić information content (AvgIpc) is 3.49. The van der Waals surface area contributed by atoms with E-state index in [9.17, 15) is 14.4 Å². The first-order valence-electron chi connectivity index (χ1n) is 9.91. The minimum absolute atomic E-state index is 0.0537. The summed E-state index contributed by atoms with van der Waals surface area (Å²) in [7, 11) is 0. The van der Waals surface area contributed by atoms with Crippen molar-refractivity contribution in [2.75, 3.05) is 17.3 Å². The number of aromatic nitrogens is 1. The lowest BCUT2D eigenvalue weighted by Gasteiger charge is -2.13. The summed E-state index contributed by atoms with van der Waals surface area (Å²) in [5.41, 5.74) is 3.90. The Hall–Kier alpha value is -3.33. The van der Waals surface area contributed by atoms with E-state index < -0.39 is 17.7 Å². The van der Waals surface area contributed by atoms with Crippen molar-refractivity contribution in [1.29, 1.82) is 0 Å². The molecule has 1 aliphatic rings. The molecule has 1 heterocycles. The van der Waals surface area contributed by atoms with Crippen LogP contribution in [0, 0.1) is 0 Å². The number of ether oxygens (including phenoxy) is 1. The number of nitrogens with one attached hydrogen (secondary N) is 3. The van der Waals surface area contributed by atoms with E-state index >= 15 is 0 Å². The van der Waals surface area contributed by atoms with Gasteiger partial charge in [0.2, 0.25) is 0 Å². The lowest BCUT2D eigenvalue weighted by atomic mass is 10.2. The van der Waals surface area contributed by atoms with Crippen molar-refractivity contribution in [3.05, 3.63) is 58.7 Å². The van der Waals surface area contributed by atoms with E-state index in [0.717, 1.165) is 22.7 Å². The quantitative estimate of drug-likeness (QED) is 0.466. The number of anilines is 1. The monoisotopic (exact) mass is 484 g/mol. The van der Waals surface area contributed by atoms with Gasteiger partial charge in [-0.2, -0.15) is 0 Å². The zero-order valence-corrected chi connectivity index (χ0v) is 18.4. The average molecular weight is 485 g/mol. The van der Waals surface area contributed by atoms with Crippen molar-refractivity contribution >= 4 is 50.2 Å². The smallest absolute Gasteiger partial charge is 0.328 e. The Labute approximate surface area is 187 Å². The zero-order valence-electron chi connectivity index (χ0n) is 16.8. The lowest BCUT2D eigenvalue weighted by Crippen LogP contribution is -2.40. The minimum Gasteiger partial charge on any atom is -0.494 e. The predicted octanol–water partition coefficient (Wildman–Crippen LogP) is 3.40. The highest BCUT2D eigenvalue weighted by Gasteiger charge is 2.27. The Balaban J connectivity index is 1.60. The highest BCUT2D eigenvalue weighted by molar-refractivity contribution is 9.10. The van der Waals surface area contributed by atoms with E-state index in [1.807, 2.05) is 13.0 Å². The second-order valence-corrected chi connectivity index (χ2v) is 8.08. The second-order valence-electron chi connectivity index (χ2n) is 7.17. The number of carbonyl (C=O) groups is 3. The van der Waals surface area contributed by atoms with E-state index in [4.69, 9.17) is 4.74 Å². The highest BCUT2D eigenvalue weighted by atomic mass is 79.9. The lowest BCUT2D eigenvalue weighted by molar-refractivity contribution is -0.136. The summed E-state index contributed by atoms with van der Waals surface area (Å²) in [6.07, 6.45) is 1.74. The summed E-state index contributed by atoms with van der Waals surface area (Å²) in [5.74, 6) is -1.28. The van der Waals surface area contributed by atoms with Crippen LogP contribution in [0.3, 0.4) is 0 Å². The number of nitrogens with zero attached hydrogens (tertiary/aromatic N) is 1. The SMILES string of the molecule is CCOc1ccc(NC(=O)c2cc3cc(Br)ccc3n2NC(=O)C(=O)NC2CC2)cc1. The maximum atomic E-state index is 13.0. The molecule has 1 aliphatic carbocycles. The van der Waals surface area contributed by atoms with Gasteiger partial charge in [0.15, 0.2) is 0 Å². The summed E-state index contributed by atoms with van der Waals surface area (Å²) in [4.78, 5) is 37.5. The number of halogens is 1. The fourth-order valence-electron chi connectivity index (χ4n) is 3.10. The second kappa shape index (κ2) is 8.81. The first-order valence-corrected chi connectivity index (χ1v) is 10.7. The normalized spacial score (nSPS) is 13.0. The Morgan fingerprint density at radius 1 is 1.06 bits per heavy atom. The van der Waals surface area contributed by atoms with Gasteiger partial charge in [0.1, 0.15) is 11.4 Å². The van der Waals surface area contributed by atoms with E-state index in [-0.39, 0.29) is 11.7 Å². The molecule has 31 heavy (non-hydrogen) atoms. The molecular weight excluding hydrogens is 464 g/mol. The molecule has 0 aliphatic heterocycles. The Bertz CT molecular complexity index is 1150. The van der Waals surface area contributed by atoms with Crippen LogP contribution in [0.4, 0.5) is 5.69 Å². The molecule has 1 saturated carbocycles. The Morgan fingerprint density at radius 3 is 2.48 bits per heavy atom. The number of hydrogen-bond donors (Lipinski definition) is 3. The fourth-order valence-corrected chi connectivity index (χ4v) is 3.48. The van der Waals surface area contributed by atoms with Crippen molar-refractivity contribution < 1.29 is 19.1 Å². The maximum absolute atomic E-state index is 13.0. The molecule has 3 N–H and O–H groups in total. The van der Waals surface area contributed by atoms with Gasteiger partial charge in [0.05, 0.1) is 12.1 Å². The number of carbonyl (C=O) groups excluding carboxylic acids is 3. The summed E-state index contributed by atoms with van der Waals surface area (Å²) in [6, 6.07) is 14.1. The standard InChI is InChI=1S/C22H21BrN4O4/c1-2-31-17-8-6-16(7-9-17)24-20(28)19-12-13-11-14(23)3-10-18(13)27(19)26-22(30)21(29)25-15-4-5-15/h3,6-12,15H,2,4-5H2,1H3,(H,24,28)(H,25,29)(H,26,30). The molecule has 8 nitrogen and oxygen atoms in total. The van der Waals surface area contributed by atoms with Crippen LogP contribution in [-0.2, 0) is 9.59 Å². The third kappa shape index (κ3) is 4.88. The van der Waals surface area contributed by atoms with Gasteiger partial charge in [-0.25, -0.2) is 4.68 Å². The van der Waals surface area contributed by atoms with Crippen LogP contribution < -0.4 is 20.8 Å². The molecular formula is C22H21BrN4O4. The predicted molar refractivity (Wildman–Crippen MR) is 121 cm³/mol. The molecule has 0 radical (unpaired) electrons. The molecule has 3 amide bonds. The molecule has 9 heteroatoms. The zero-order chi connectivity index (χ0) is 22.0. The molecule has 160 valence electrons. The van der Waals surface area contributed by atoms with Crippen LogP contribution >= 0.6 is 15.9 Å². The highest BCUT2D eigenvalue weighted by Crippen LogP contribution is 2.24. The van der Waals surface area contributed by atoms with Gasteiger partial charge in [-0.3, -0.25) is 19.8 Å². The van der Waals surface area contributed by atoms with Crippen LogP contribution in [0.2, 0.25) is 0 Å². The van der Waals surface area contributed by atoms with Crippen LogP contribution in [0.1, 0.15) is 30.3 Å². The van der Waals surface area contributed by atoms with Gasteiger partial charge in [0, 0.05) is 21.6 Å². The van der Waals surface area contributed by atoms with Crippen molar-refractivity contribution in [2.24, 2.45) is 0 Å². The number of rotatable bonds is 6. The molecule has 3 aromatic rings. The Kier molecular flexibility index (Phi) is 5.94. The summed E-state index contributed by atoms with van der Waals surface area (Å²) in [5, 5.41) is 6.18. The van der Waals surface area contributed by atoms with Crippen molar-refractivity contribution in [1.82, 2.24) is 9.99 Å². The first kappa shape index (κ1) is 20.9. The third-order valence-corrected chi connectivity index (χ3v) is 5.24. The van der Waals surface area contributed by atoms with Gasteiger partial charge in [0.25, 0.3) is 5.91 Å². The minimum atomic E-state index is -0.831. The first-order chi connectivity index (χ1) is 14.9. The van der Waals surface area contributed by atoms with E-state index in [1.165, 1.54) is 4.68 Å². The van der Waals surface area contributed by atoms with Gasteiger partial charge in [-0.05, 0) is 68.3 Å². The van der Waals surface area contributed by atoms with Crippen molar-refractivity contribution in [2.45, 2.75) is 25.8 Å². The van der Waals surface area contributed by atoms with Crippen LogP contribution in [0.5, 0.6) is 5.75 Å². The van der Waals surface area contributed by atoms with Gasteiger partial charge < -0.3 is 15.4 Å². The van der Waals surface area contributed by atoms with Gasteiger partial charge in [-0.15, -0.1) is 0 Å². The van der Waals surface area contributed by atoms with Gasteiger partial charge in [-0.1, -0.05) is 15.9 Å². The molecule has 1 aromatic heterocycles. The molecule has 4 rings (SSSR count). The van der Waals surface area contributed by atoms with E-state index in [2.05, 4.69) is 32.0 Å². The Morgan fingerprint density at radius 2 is 1.81 bits per heavy atom. The summed E-state index contributed by atoms with van der Waals surface area (Å²) >= 11 is 3.41. The van der Waals surface area contributed by atoms with Crippen LogP contribution in [0.25, 0.3) is 10.9 Å². The molecule has 0 spiro atoms. The number of fused-ring (bicyclic) bond motifs is 1.